The smallest absolute Gasteiger partial charge is 0.224 e. The van der Waals surface area contributed by atoms with Crippen LogP contribution < -0.4 is 0 Å². The number of carbonyl (C=O) groups excluding carboxylic acids is 1. The molecule has 0 radical (unpaired) electrons. The van der Waals surface area contributed by atoms with Crippen LogP contribution in [0.25, 0.3) is 0 Å². The van der Waals surface area contributed by atoms with Gasteiger partial charge in [0, 0.05) is 13.0 Å². The van der Waals surface area contributed by atoms with E-state index in [9.17, 15) is 9.90 Å². The van der Waals surface area contributed by atoms with Crippen molar-refractivity contribution in [3.8, 4) is 0 Å². The quantitative estimate of drug-likeness (QED) is 0.575. The van der Waals surface area contributed by atoms with Crippen molar-refractivity contribution in [2.24, 2.45) is 0 Å². The molecule has 1 amide bonds. The van der Waals surface area contributed by atoms with E-state index in [-0.39, 0.29) is 5.91 Å². The summed E-state index contributed by atoms with van der Waals surface area (Å²) in [5, 5.41) is 9.39. The third-order valence-electron chi connectivity index (χ3n) is 1.73. The van der Waals surface area contributed by atoms with Gasteiger partial charge in [0.25, 0.3) is 0 Å². The van der Waals surface area contributed by atoms with Crippen LogP contribution in [0.2, 0.25) is 0 Å². The molecule has 0 aromatic carbocycles. The highest BCUT2D eigenvalue weighted by Gasteiger charge is 2.31. The molecule has 1 rings (SSSR count). The Hall–Kier alpha value is -0.570. The summed E-state index contributed by atoms with van der Waals surface area (Å²) in [5.41, 5.74) is -0.965. The molecule has 0 aromatic heterocycles. The molecule has 3 heteroatoms. The highest BCUT2D eigenvalue weighted by molar-refractivity contribution is 5.78. The molecule has 1 N–H and O–H groups in total. The van der Waals surface area contributed by atoms with Gasteiger partial charge in [-0.05, 0) is 20.3 Å². The minimum atomic E-state index is -0.965. The largest absolute Gasteiger partial charge is 0.371 e. The summed E-state index contributed by atoms with van der Waals surface area (Å²) in [4.78, 5) is 12.5. The van der Waals surface area contributed by atoms with E-state index in [1.807, 2.05) is 0 Å². The Balaban J connectivity index is 2.64. The average Bonchev–Trinajstić information content (AvgIpc) is 2.11. The Labute approximate surface area is 60.6 Å². The van der Waals surface area contributed by atoms with Gasteiger partial charge in [0.05, 0.1) is 0 Å². The molecule has 10 heavy (non-hydrogen) atoms. The minimum absolute atomic E-state index is 0.0625. The lowest BCUT2D eigenvalue weighted by Gasteiger charge is -2.29. The Bertz CT molecular complexity index is 148. The number of hydrogen-bond donors (Lipinski definition) is 1. The summed E-state index contributed by atoms with van der Waals surface area (Å²) < 4.78 is 0. The van der Waals surface area contributed by atoms with Crippen molar-refractivity contribution in [1.29, 1.82) is 0 Å². The van der Waals surface area contributed by atoms with E-state index in [4.69, 9.17) is 0 Å². The lowest BCUT2D eigenvalue weighted by Crippen LogP contribution is -2.44. The Kier molecular flexibility index (Phi) is 1.68. The first-order valence-electron chi connectivity index (χ1n) is 3.54. The van der Waals surface area contributed by atoms with Crippen LogP contribution in [0, 0.1) is 0 Å². The molecule has 0 aromatic rings. The average molecular weight is 143 g/mol. The number of nitrogens with zero attached hydrogens (tertiary/aromatic N) is 1. The van der Waals surface area contributed by atoms with Crippen molar-refractivity contribution in [2.75, 3.05) is 6.54 Å². The van der Waals surface area contributed by atoms with Gasteiger partial charge < -0.3 is 10.0 Å². The fraction of sp³-hybridized carbons (Fsp3) is 0.857. The van der Waals surface area contributed by atoms with Crippen molar-refractivity contribution in [3.63, 3.8) is 0 Å². The maximum atomic E-state index is 11.0. The predicted molar refractivity (Wildman–Crippen MR) is 37.2 cm³/mol. The summed E-state index contributed by atoms with van der Waals surface area (Å²) in [5.74, 6) is 0.0625. The second-order valence-corrected chi connectivity index (χ2v) is 3.14. The number of hydrogen-bond acceptors (Lipinski definition) is 2. The van der Waals surface area contributed by atoms with Crippen LogP contribution in [0.15, 0.2) is 0 Å². The summed E-state index contributed by atoms with van der Waals surface area (Å²) in [7, 11) is 0. The number of likely N-dealkylation sites (tertiary alicyclic amines) is 1. The second kappa shape index (κ2) is 2.23. The predicted octanol–water partition coefficient (Wildman–Crippen LogP) is 0.337. The zero-order valence-electron chi connectivity index (χ0n) is 6.42. The molecule has 1 aliphatic heterocycles. The zero-order valence-corrected chi connectivity index (χ0v) is 6.42. The van der Waals surface area contributed by atoms with Crippen LogP contribution in [0.3, 0.4) is 0 Å². The van der Waals surface area contributed by atoms with E-state index in [1.54, 1.807) is 13.8 Å². The Morgan fingerprint density at radius 2 is 2.20 bits per heavy atom. The lowest BCUT2D eigenvalue weighted by atomic mass is 10.3. The van der Waals surface area contributed by atoms with Gasteiger partial charge in [0.2, 0.25) is 5.91 Å². The van der Waals surface area contributed by atoms with Gasteiger partial charge in [0.1, 0.15) is 5.72 Å². The standard InChI is InChI=1S/C7H13NO2/c1-7(2,10)8-5-3-4-6(8)9/h10H,3-5H2,1-2H3. The van der Waals surface area contributed by atoms with E-state index < -0.39 is 5.72 Å². The summed E-state index contributed by atoms with van der Waals surface area (Å²) in [6.45, 7) is 3.97. The topological polar surface area (TPSA) is 40.5 Å². The highest BCUT2D eigenvalue weighted by Crippen LogP contribution is 2.18. The molecule has 1 saturated heterocycles. The van der Waals surface area contributed by atoms with Gasteiger partial charge in [-0.3, -0.25) is 4.79 Å². The maximum Gasteiger partial charge on any atom is 0.224 e. The second-order valence-electron chi connectivity index (χ2n) is 3.14. The van der Waals surface area contributed by atoms with Gasteiger partial charge in [-0.2, -0.15) is 0 Å². The first kappa shape index (κ1) is 7.54. The number of amides is 1. The monoisotopic (exact) mass is 143 g/mol. The third-order valence-corrected chi connectivity index (χ3v) is 1.73. The Morgan fingerprint density at radius 1 is 1.60 bits per heavy atom. The van der Waals surface area contributed by atoms with E-state index in [1.165, 1.54) is 4.90 Å². The van der Waals surface area contributed by atoms with Crippen LogP contribution in [-0.4, -0.2) is 28.2 Å². The SMILES string of the molecule is CC(C)(O)N1CCCC1=O. The van der Waals surface area contributed by atoms with Crippen molar-refractivity contribution in [2.45, 2.75) is 32.4 Å². The third kappa shape index (κ3) is 1.29. The molecule has 3 nitrogen and oxygen atoms in total. The fourth-order valence-electron chi connectivity index (χ4n) is 1.23. The molecule has 1 fully saturated rings. The first-order valence-corrected chi connectivity index (χ1v) is 3.54. The number of rotatable bonds is 1. The molecule has 58 valence electrons. The minimum Gasteiger partial charge on any atom is -0.371 e. The normalized spacial score (nSPS) is 20.3. The highest BCUT2D eigenvalue weighted by atomic mass is 16.3. The summed E-state index contributed by atoms with van der Waals surface area (Å²) in [6.07, 6.45) is 1.47. The van der Waals surface area contributed by atoms with Crippen molar-refractivity contribution in [1.82, 2.24) is 4.90 Å². The summed E-state index contributed by atoms with van der Waals surface area (Å²) >= 11 is 0. The molecule has 0 spiro atoms. The van der Waals surface area contributed by atoms with Gasteiger partial charge in [0.15, 0.2) is 0 Å². The molecule has 1 heterocycles. The number of aliphatic hydroxyl groups is 1. The van der Waals surface area contributed by atoms with Crippen LogP contribution in [0.1, 0.15) is 26.7 Å². The molecule has 0 atom stereocenters. The molecule has 0 unspecified atom stereocenters. The van der Waals surface area contributed by atoms with Crippen LogP contribution in [-0.2, 0) is 4.79 Å². The maximum absolute atomic E-state index is 11.0. The van der Waals surface area contributed by atoms with Gasteiger partial charge in [-0.15, -0.1) is 0 Å². The van der Waals surface area contributed by atoms with Crippen molar-refractivity contribution < 1.29 is 9.90 Å². The van der Waals surface area contributed by atoms with Crippen LogP contribution in [0.5, 0.6) is 0 Å². The molecule has 1 aliphatic rings. The van der Waals surface area contributed by atoms with Crippen molar-refractivity contribution >= 4 is 5.91 Å². The fourth-order valence-corrected chi connectivity index (χ4v) is 1.23. The van der Waals surface area contributed by atoms with Gasteiger partial charge in [-0.25, -0.2) is 0 Å². The van der Waals surface area contributed by atoms with Gasteiger partial charge in [-0.1, -0.05) is 0 Å². The first-order chi connectivity index (χ1) is 4.52. The molecule has 0 bridgehead atoms. The molecular formula is C7H13NO2. The van der Waals surface area contributed by atoms with Gasteiger partial charge >= 0.3 is 0 Å². The van der Waals surface area contributed by atoms with Crippen LogP contribution >= 0.6 is 0 Å². The van der Waals surface area contributed by atoms with E-state index in [2.05, 4.69) is 0 Å². The molecule has 0 aliphatic carbocycles. The number of carbonyl (C=O) groups is 1. The van der Waals surface area contributed by atoms with E-state index in [0.717, 1.165) is 6.42 Å². The lowest BCUT2D eigenvalue weighted by molar-refractivity contribution is -0.146. The van der Waals surface area contributed by atoms with Crippen LogP contribution in [0.4, 0.5) is 0 Å². The molecular weight excluding hydrogens is 130 g/mol. The van der Waals surface area contributed by atoms with E-state index >= 15 is 0 Å². The Morgan fingerprint density at radius 3 is 2.40 bits per heavy atom. The summed E-state index contributed by atoms with van der Waals surface area (Å²) in [6, 6.07) is 0. The molecule has 0 saturated carbocycles. The van der Waals surface area contributed by atoms with Crippen molar-refractivity contribution in [3.05, 3.63) is 0 Å². The zero-order chi connectivity index (χ0) is 7.78. The van der Waals surface area contributed by atoms with E-state index in [0.29, 0.717) is 13.0 Å².